The molecule has 0 spiro atoms. The normalized spacial score (nSPS) is 36.2. The smallest absolute Gasteiger partial charge is 0.428 e. The summed E-state index contributed by atoms with van der Waals surface area (Å²) in [5, 5.41) is 28.1. The van der Waals surface area contributed by atoms with Crippen LogP contribution in [0, 0.1) is 23.7 Å². The summed E-state index contributed by atoms with van der Waals surface area (Å²) in [4.78, 5) is 9.60. The first-order chi connectivity index (χ1) is 13.6. The monoisotopic (exact) mass is 378 g/mol. The zero-order chi connectivity index (χ0) is 19.0. The molecule has 6 nitrogen and oxygen atoms in total. The van der Waals surface area contributed by atoms with Crippen LogP contribution in [-0.4, -0.2) is 49.9 Å². The number of hydrogen-bond acceptors (Lipinski definition) is 5. The molecule has 2 aromatic heterocycles. The van der Waals surface area contributed by atoms with E-state index in [0.717, 1.165) is 60.0 Å². The number of hydrazone groups is 1. The second-order valence-electron chi connectivity index (χ2n) is 9.57. The van der Waals surface area contributed by atoms with Gasteiger partial charge in [-0.15, -0.1) is 0 Å². The molecule has 4 saturated carbocycles. The fourth-order valence-electron chi connectivity index (χ4n) is 6.97. The molecule has 3 heterocycles. The molecule has 0 radical (unpaired) electrons. The van der Waals surface area contributed by atoms with Crippen LogP contribution in [0.2, 0.25) is 0 Å². The van der Waals surface area contributed by atoms with Crippen LogP contribution in [0.3, 0.4) is 0 Å². The number of hydrogen-bond donors (Lipinski definition) is 3. The highest BCUT2D eigenvalue weighted by Gasteiger charge is 2.57. The van der Waals surface area contributed by atoms with Crippen LogP contribution in [0.1, 0.15) is 51.0 Å². The van der Waals surface area contributed by atoms with Crippen molar-refractivity contribution < 1.29 is 10.1 Å². The molecule has 3 N–H and O–H groups in total. The van der Waals surface area contributed by atoms with Crippen molar-refractivity contribution >= 4 is 29.3 Å². The van der Waals surface area contributed by atoms with Gasteiger partial charge < -0.3 is 20.0 Å². The van der Waals surface area contributed by atoms with Crippen molar-refractivity contribution in [1.82, 2.24) is 14.9 Å². The van der Waals surface area contributed by atoms with Crippen molar-refractivity contribution in [1.29, 1.82) is 0 Å². The first-order valence-corrected chi connectivity index (χ1v) is 10.8. The molecule has 1 aliphatic heterocycles. The summed E-state index contributed by atoms with van der Waals surface area (Å²) >= 11 is 0. The summed E-state index contributed by atoms with van der Waals surface area (Å²) in [6, 6.07) is 2.06. The first kappa shape index (κ1) is 17.0. The maximum absolute atomic E-state index is 11.0. The largest absolute Gasteiger partial charge is 0.468 e. The highest BCUT2D eigenvalue weighted by Crippen LogP contribution is 2.59. The van der Waals surface area contributed by atoms with Crippen molar-refractivity contribution in [3.63, 3.8) is 0 Å². The molecule has 0 saturated heterocycles. The van der Waals surface area contributed by atoms with Crippen LogP contribution in [0.5, 0.6) is 0 Å². The topological polar surface area (TPSA) is 84.7 Å². The van der Waals surface area contributed by atoms with Gasteiger partial charge in [0.25, 0.3) is 0 Å². The summed E-state index contributed by atoms with van der Waals surface area (Å²) in [7, 11) is -0.744. The Hall–Kier alpha value is -1.86. The lowest BCUT2D eigenvalue weighted by Crippen LogP contribution is -2.59. The molecule has 7 heteroatoms. The molecule has 4 aliphatic carbocycles. The predicted molar refractivity (Wildman–Crippen MR) is 109 cm³/mol. The molecule has 7 rings (SSSR count). The van der Waals surface area contributed by atoms with Crippen molar-refractivity contribution in [2.24, 2.45) is 28.8 Å². The van der Waals surface area contributed by atoms with Crippen LogP contribution in [-0.2, 0) is 0 Å². The fourth-order valence-corrected chi connectivity index (χ4v) is 6.97. The molecule has 4 fully saturated rings. The third kappa shape index (κ3) is 2.29. The van der Waals surface area contributed by atoms with Crippen molar-refractivity contribution in [2.45, 2.75) is 51.0 Å². The SMILES string of the molecule is CCCN1N=C([C@H]2[C@@H]3C[C@@H]4C[C@H]2C[C@@](O)(C4)C3)c2c(cnc3[nH]ccc23)B1O. The van der Waals surface area contributed by atoms with Gasteiger partial charge in [0.05, 0.1) is 11.3 Å². The van der Waals surface area contributed by atoms with E-state index in [1.54, 1.807) is 0 Å². The Morgan fingerprint density at radius 3 is 2.79 bits per heavy atom. The molecule has 5 atom stereocenters. The third-order valence-electron chi connectivity index (χ3n) is 7.68. The summed E-state index contributed by atoms with van der Waals surface area (Å²) in [6.07, 6.45) is 9.86. The number of rotatable bonds is 3. The molecular weight excluding hydrogens is 351 g/mol. The number of fused-ring (bicyclic) bond motifs is 3. The van der Waals surface area contributed by atoms with Crippen LogP contribution in [0.4, 0.5) is 0 Å². The number of nitrogens with zero attached hydrogens (tertiary/aromatic N) is 3. The maximum atomic E-state index is 11.0. The van der Waals surface area contributed by atoms with Gasteiger partial charge in [-0.3, -0.25) is 0 Å². The van der Waals surface area contributed by atoms with Gasteiger partial charge >= 0.3 is 7.05 Å². The van der Waals surface area contributed by atoms with E-state index >= 15 is 0 Å². The van der Waals surface area contributed by atoms with Gasteiger partial charge in [0.1, 0.15) is 5.65 Å². The highest BCUT2D eigenvalue weighted by molar-refractivity contribution is 6.66. The molecule has 0 amide bonds. The minimum atomic E-state index is -0.744. The number of aromatic amines is 1. The summed E-state index contributed by atoms with van der Waals surface area (Å²) < 4.78 is 0. The van der Waals surface area contributed by atoms with E-state index < -0.39 is 12.7 Å². The van der Waals surface area contributed by atoms with E-state index in [1.807, 2.05) is 17.3 Å². The number of aliphatic hydroxyl groups is 1. The number of pyridine rings is 1. The Bertz CT molecular complexity index is 956. The summed E-state index contributed by atoms with van der Waals surface area (Å²) in [5.74, 6) is 2.01. The number of aromatic nitrogens is 2. The van der Waals surface area contributed by atoms with Crippen LogP contribution >= 0.6 is 0 Å². The van der Waals surface area contributed by atoms with Gasteiger partial charge in [0, 0.05) is 41.3 Å². The lowest BCUT2D eigenvalue weighted by atomic mass is 9.48. The number of H-pyrrole nitrogens is 1. The molecular formula is C21H27BN4O2. The standard InChI is InChI=1S/C21H27BN4O2/c1-2-5-26-22(28)16-11-24-20-15(3-4-23-20)18(16)19(25-26)17-13-6-12-7-14(17)10-21(27,8-12)9-13/h3-4,11-14,17,27-28H,2,5-10H2,1H3,(H,23,24)/t12-,13-,14+,17+,21-. The number of nitrogens with one attached hydrogen (secondary N) is 1. The molecule has 0 aromatic carbocycles. The zero-order valence-corrected chi connectivity index (χ0v) is 16.3. The quantitative estimate of drug-likeness (QED) is 0.712. The van der Waals surface area contributed by atoms with Gasteiger partial charge in [-0.1, -0.05) is 6.92 Å². The van der Waals surface area contributed by atoms with E-state index in [1.165, 1.54) is 12.8 Å². The van der Waals surface area contributed by atoms with Gasteiger partial charge in [-0.05, 0) is 62.3 Å². The Morgan fingerprint density at radius 2 is 2.07 bits per heavy atom. The minimum absolute atomic E-state index is 0.364. The molecule has 146 valence electrons. The Kier molecular flexibility index (Phi) is 3.55. The predicted octanol–water partition coefficient (Wildman–Crippen LogP) is 1.87. The van der Waals surface area contributed by atoms with E-state index in [4.69, 9.17) is 5.10 Å². The molecule has 2 aromatic rings. The van der Waals surface area contributed by atoms with E-state index in [2.05, 4.69) is 23.0 Å². The van der Waals surface area contributed by atoms with Crippen LogP contribution in [0.25, 0.3) is 11.0 Å². The highest BCUT2D eigenvalue weighted by atomic mass is 16.3. The minimum Gasteiger partial charge on any atom is -0.428 e. The van der Waals surface area contributed by atoms with E-state index in [9.17, 15) is 10.1 Å². The van der Waals surface area contributed by atoms with Gasteiger partial charge in [0.2, 0.25) is 0 Å². The van der Waals surface area contributed by atoms with E-state index in [-0.39, 0.29) is 0 Å². The summed E-state index contributed by atoms with van der Waals surface area (Å²) in [6.45, 7) is 2.84. The van der Waals surface area contributed by atoms with Gasteiger partial charge in [0.15, 0.2) is 0 Å². The molecule has 28 heavy (non-hydrogen) atoms. The average Bonchev–Trinajstić information content (AvgIpc) is 3.12. The van der Waals surface area contributed by atoms with Crippen LogP contribution in [0.15, 0.2) is 23.6 Å². The van der Waals surface area contributed by atoms with Gasteiger partial charge in [-0.2, -0.15) is 5.10 Å². The van der Waals surface area contributed by atoms with Crippen molar-refractivity contribution in [3.8, 4) is 0 Å². The van der Waals surface area contributed by atoms with E-state index in [0.29, 0.717) is 23.7 Å². The maximum Gasteiger partial charge on any atom is 0.468 e. The molecule has 0 unspecified atom stereocenters. The Morgan fingerprint density at radius 1 is 1.29 bits per heavy atom. The van der Waals surface area contributed by atoms with Gasteiger partial charge in [-0.25, -0.2) is 4.98 Å². The lowest BCUT2D eigenvalue weighted by Gasteiger charge is -2.58. The second kappa shape index (κ2) is 5.83. The third-order valence-corrected chi connectivity index (χ3v) is 7.68. The lowest BCUT2D eigenvalue weighted by molar-refractivity contribution is -0.138. The summed E-state index contributed by atoms with van der Waals surface area (Å²) in [5.41, 5.74) is 3.48. The van der Waals surface area contributed by atoms with Crippen LogP contribution < -0.4 is 5.46 Å². The van der Waals surface area contributed by atoms with Crippen molar-refractivity contribution in [3.05, 3.63) is 24.0 Å². The molecule has 4 bridgehead atoms. The van der Waals surface area contributed by atoms with Crippen molar-refractivity contribution in [2.75, 3.05) is 6.54 Å². The fraction of sp³-hybridized carbons (Fsp3) is 0.619. The Balaban J connectivity index is 1.52. The molecule has 5 aliphatic rings. The Labute approximate surface area is 165 Å². The second-order valence-corrected chi connectivity index (χ2v) is 9.57. The first-order valence-electron chi connectivity index (χ1n) is 10.8. The average molecular weight is 378 g/mol. The zero-order valence-electron chi connectivity index (χ0n) is 16.3.